The Morgan fingerprint density at radius 2 is 1.82 bits per heavy atom. The molecular weight excluding hydrogens is 487 g/mol. The number of halogens is 8. The average Bonchev–Trinajstić information content (AvgIpc) is 2.76. The van der Waals surface area contributed by atoms with Gasteiger partial charge in [0.25, 0.3) is 0 Å². The zero-order chi connectivity index (χ0) is 25.1. The van der Waals surface area contributed by atoms with E-state index in [2.05, 4.69) is 14.8 Å². The van der Waals surface area contributed by atoms with E-state index >= 15 is 0 Å². The van der Waals surface area contributed by atoms with Crippen LogP contribution in [0.15, 0.2) is 34.7 Å². The smallest absolute Gasteiger partial charge is 0.418 e. The first-order chi connectivity index (χ1) is 15.4. The number of carbonyl (C=O) groups is 2. The minimum Gasteiger partial charge on any atom is -0.466 e. The van der Waals surface area contributed by atoms with Gasteiger partial charge in [0.05, 0.1) is 40.5 Å². The minimum absolute atomic E-state index is 0.312. The van der Waals surface area contributed by atoms with E-state index in [0.29, 0.717) is 12.1 Å². The van der Waals surface area contributed by atoms with Crippen LogP contribution in [0.2, 0.25) is 5.02 Å². The van der Waals surface area contributed by atoms with E-state index in [1.54, 1.807) is 0 Å². The Hall–Kier alpha value is -2.76. The molecule has 2 rings (SSSR count). The first-order valence-corrected chi connectivity index (χ1v) is 9.54. The maximum Gasteiger partial charge on any atom is 0.418 e. The van der Waals surface area contributed by atoms with Gasteiger partial charge in [-0.2, -0.15) is 13.2 Å². The molecule has 5 nitrogen and oxygen atoms in total. The summed E-state index contributed by atoms with van der Waals surface area (Å²) < 4.78 is 105. The zero-order valence-electron chi connectivity index (χ0n) is 17.1. The Morgan fingerprint density at radius 3 is 2.33 bits per heavy atom. The average molecular weight is 504 g/mol. The number of hydrogen-bond acceptors (Lipinski definition) is 5. The van der Waals surface area contributed by atoms with Crippen LogP contribution in [0.5, 0.6) is 0 Å². The number of hydrogen-bond donors (Lipinski definition) is 1. The van der Waals surface area contributed by atoms with Crippen molar-refractivity contribution in [1.82, 2.24) is 5.32 Å². The largest absolute Gasteiger partial charge is 0.466 e. The van der Waals surface area contributed by atoms with E-state index in [9.17, 15) is 40.3 Å². The molecule has 0 saturated heterocycles. The summed E-state index contributed by atoms with van der Waals surface area (Å²) in [4.78, 5) is 25.2. The summed E-state index contributed by atoms with van der Waals surface area (Å²) in [6, 6.07) is 1.18. The van der Waals surface area contributed by atoms with E-state index in [4.69, 9.17) is 11.6 Å². The van der Waals surface area contributed by atoms with Gasteiger partial charge in [0.15, 0.2) is 6.17 Å². The topological polar surface area (TPSA) is 64.6 Å². The Balaban J connectivity index is 2.87. The van der Waals surface area contributed by atoms with Gasteiger partial charge in [-0.3, -0.25) is 0 Å². The van der Waals surface area contributed by atoms with E-state index < -0.39 is 89.0 Å². The van der Waals surface area contributed by atoms with E-state index in [-0.39, 0.29) is 5.70 Å². The monoisotopic (exact) mass is 503 g/mol. The standard InChI is InChI=1S/C20H17ClF7NO4/c1-8-13(19(31)33-7-9(24)5-22)16(15(18(30)32-2)12(6-23)29-8)14-11(25)4-3-10(21)17(14)20(26,27)28/h3-4,9,16,29H,5-7H2,1-2H3. The fourth-order valence-electron chi connectivity index (χ4n) is 3.34. The lowest BCUT2D eigenvalue weighted by molar-refractivity contribution is -0.142. The molecule has 0 aliphatic carbocycles. The molecule has 1 N–H and O–H groups in total. The summed E-state index contributed by atoms with van der Waals surface area (Å²) in [5.74, 6) is -6.59. The highest BCUT2D eigenvalue weighted by Crippen LogP contribution is 2.47. The molecule has 0 saturated carbocycles. The third-order valence-corrected chi connectivity index (χ3v) is 4.99. The Morgan fingerprint density at radius 1 is 1.18 bits per heavy atom. The summed E-state index contributed by atoms with van der Waals surface area (Å²) in [7, 11) is 0.833. The maximum atomic E-state index is 14.9. The highest BCUT2D eigenvalue weighted by atomic mass is 35.5. The van der Waals surface area contributed by atoms with Crippen molar-refractivity contribution in [1.29, 1.82) is 0 Å². The third-order valence-electron chi connectivity index (χ3n) is 4.68. The fourth-order valence-corrected chi connectivity index (χ4v) is 3.61. The van der Waals surface area contributed by atoms with Crippen molar-refractivity contribution in [2.24, 2.45) is 0 Å². The molecule has 1 aliphatic rings. The summed E-state index contributed by atoms with van der Waals surface area (Å²) in [6.45, 7) is -2.95. The molecular formula is C20H17ClF7NO4. The van der Waals surface area contributed by atoms with Crippen molar-refractivity contribution in [2.75, 3.05) is 27.1 Å². The molecule has 0 bridgehead atoms. The lowest BCUT2D eigenvalue weighted by Gasteiger charge is -2.32. The van der Waals surface area contributed by atoms with Crippen LogP contribution in [0.3, 0.4) is 0 Å². The van der Waals surface area contributed by atoms with Crippen molar-refractivity contribution >= 4 is 23.5 Å². The van der Waals surface area contributed by atoms with E-state index in [0.717, 1.165) is 14.0 Å². The van der Waals surface area contributed by atoms with Gasteiger partial charge in [-0.25, -0.2) is 27.2 Å². The summed E-state index contributed by atoms with van der Waals surface area (Å²) >= 11 is 5.69. The van der Waals surface area contributed by atoms with Gasteiger partial charge in [-0.15, -0.1) is 0 Å². The molecule has 1 aliphatic heterocycles. The van der Waals surface area contributed by atoms with E-state index in [1.807, 2.05) is 0 Å². The molecule has 182 valence electrons. The van der Waals surface area contributed by atoms with Crippen molar-refractivity contribution in [2.45, 2.75) is 25.2 Å². The summed E-state index contributed by atoms with van der Waals surface area (Å²) in [5, 5.41) is 1.37. The SMILES string of the molecule is COC(=O)C1=C(CF)NC(C)=C(C(=O)OCC(F)CF)C1c1c(F)ccc(Cl)c1C(F)(F)F. The first kappa shape index (κ1) is 26.5. The third kappa shape index (κ3) is 5.43. The number of benzene rings is 1. The molecule has 1 heterocycles. The van der Waals surface area contributed by atoms with Gasteiger partial charge in [0.2, 0.25) is 0 Å². The highest BCUT2D eigenvalue weighted by Gasteiger charge is 2.46. The van der Waals surface area contributed by atoms with Gasteiger partial charge in [-0.1, -0.05) is 11.6 Å². The van der Waals surface area contributed by atoms with Gasteiger partial charge < -0.3 is 14.8 Å². The van der Waals surface area contributed by atoms with E-state index in [1.165, 1.54) is 0 Å². The number of allylic oxidation sites excluding steroid dienone is 2. The highest BCUT2D eigenvalue weighted by molar-refractivity contribution is 6.31. The zero-order valence-corrected chi connectivity index (χ0v) is 17.8. The summed E-state index contributed by atoms with van der Waals surface area (Å²) in [5.41, 5.74) is -5.52. The van der Waals surface area contributed by atoms with Crippen LogP contribution in [0.25, 0.3) is 0 Å². The van der Waals surface area contributed by atoms with Crippen LogP contribution < -0.4 is 5.32 Å². The van der Waals surface area contributed by atoms with Crippen molar-refractivity contribution in [3.63, 3.8) is 0 Å². The number of carbonyl (C=O) groups excluding carboxylic acids is 2. The number of esters is 2. The summed E-state index contributed by atoms with van der Waals surface area (Å²) in [6.07, 6.45) is -7.51. The maximum absolute atomic E-state index is 14.9. The van der Waals surface area contributed by atoms with Crippen molar-refractivity contribution in [3.8, 4) is 0 Å². The number of dihydropyridines is 1. The molecule has 2 atom stereocenters. The predicted molar refractivity (Wildman–Crippen MR) is 102 cm³/mol. The van der Waals surface area contributed by atoms with Crippen LogP contribution >= 0.6 is 11.6 Å². The minimum atomic E-state index is -5.27. The Kier molecular flexibility index (Phi) is 8.39. The van der Waals surface area contributed by atoms with Gasteiger partial charge in [0.1, 0.15) is 25.8 Å². The van der Waals surface area contributed by atoms with Gasteiger partial charge in [0, 0.05) is 11.3 Å². The number of ether oxygens (including phenoxy) is 2. The van der Waals surface area contributed by atoms with Crippen LogP contribution in [0.4, 0.5) is 30.7 Å². The predicted octanol–water partition coefficient (Wildman–Crippen LogP) is 4.71. The van der Waals surface area contributed by atoms with Gasteiger partial charge in [-0.05, 0) is 19.1 Å². The number of rotatable bonds is 7. The van der Waals surface area contributed by atoms with Gasteiger partial charge >= 0.3 is 18.1 Å². The lowest BCUT2D eigenvalue weighted by Crippen LogP contribution is -2.35. The Labute approximate surface area is 188 Å². The molecule has 13 heteroatoms. The second-order valence-corrected chi connectivity index (χ2v) is 7.19. The molecule has 1 aromatic rings. The lowest BCUT2D eigenvalue weighted by atomic mass is 9.78. The second kappa shape index (κ2) is 10.4. The molecule has 0 amide bonds. The van der Waals surface area contributed by atoms with Crippen molar-refractivity contribution in [3.05, 3.63) is 56.6 Å². The molecule has 0 aromatic heterocycles. The first-order valence-electron chi connectivity index (χ1n) is 9.16. The van der Waals surface area contributed by atoms with Crippen LogP contribution in [-0.2, 0) is 25.2 Å². The molecule has 2 unspecified atom stereocenters. The quantitative estimate of drug-likeness (QED) is 0.431. The molecule has 0 radical (unpaired) electrons. The molecule has 33 heavy (non-hydrogen) atoms. The molecule has 0 spiro atoms. The van der Waals surface area contributed by atoms with Crippen LogP contribution in [-0.4, -0.2) is 45.2 Å². The molecule has 0 fully saturated rings. The number of alkyl halides is 6. The molecule has 1 aromatic carbocycles. The van der Waals surface area contributed by atoms with Crippen molar-refractivity contribution < 1.29 is 49.8 Å². The van der Waals surface area contributed by atoms with Crippen LogP contribution in [0.1, 0.15) is 24.0 Å². The Bertz CT molecular complexity index is 1010. The van der Waals surface area contributed by atoms with Crippen LogP contribution in [0, 0.1) is 5.82 Å². The number of nitrogens with one attached hydrogen (secondary N) is 1. The second-order valence-electron chi connectivity index (χ2n) is 6.78. The fraction of sp³-hybridized carbons (Fsp3) is 0.400. The number of methoxy groups -OCH3 is 1. The normalized spacial score (nSPS) is 17.6.